The van der Waals surface area contributed by atoms with Gasteiger partial charge in [-0.25, -0.2) is 8.42 Å². The molecule has 1 unspecified atom stereocenters. The molecule has 1 fully saturated rings. The predicted molar refractivity (Wildman–Crippen MR) is 83.9 cm³/mol. The van der Waals surface area contributed by atoms with Crippen LogP contribution in [0.5, 0.6) is 11.5 Å². The van der Waals surface area contributed by atoms with Crippen molar-refractivity contribution in [2.75, 3.05) is 26.1 Å². The van der Waals surface area contributed by atoms with Gasteiger partial charge >= 0.3 is 0 Å². The molecular weight excluding hydrogens is 320 g/mol. The Hall–Kier alpha value is -1.80. The second-order valence-electron chi connectivity index (χ2n) is 5.76. The van der Waals surface area contributed by atoms with E-state index in [0.717, 1.165) is 17.6 Å². The molecular formula is C15H20N2O5S. The monoisotopic (exact) mass is 340 g/mol. The van der Waals surface area contributed by atoms with Crippen LogP contribution in [0.25, 0.3) is 0 Å². The van der Waals surface area contributed by atoms with Crippen LogP contribution in [0.15, 0.2) is 18.2 Å². The van der Waals surface area contributed by atoms with E-state index in [2.05, 4.69) is 5.32 Å². The molecule has 8 heteroatoms. The number of ether oxygens (including phenoxy) is 2. The summed E-state index contributed by atoms with van der Waals surface area (Å²) in [6, 6.07) is 5.09. The van der Waals surface area contributed by atoms with Gasteiger partial charge < -0.3 is 14.8 Å². The first-order valence-corrected chi connectivity index (χ1v) is 9.43. The molecule has 0 aliphatic carbocycles. The molecule has 1 atom stereocenters. The Morgan fingerprint density at radius 1 is 1.35 bits per heavy atom. The lowest BCUT2D eigenvalue weighted by atomic mass is 10.1. The number of fused-ring (bicyclic) bond motifs is 1. The number of hydrogen-bond donors (Lipinski definition) is 1. The summed E-state index contributed by atoms with van der Waals surface area (Å²) in [7, 11) is -3.34. The minimum Gasteiger partial charge on any atom is -0.454 e. The summed E-state index contributed by atoms with van der Waals surface area (Å²) in [6.45, 7) is 1.10. The van der Waals surface area contributed by atoms with Crippen molar-refractivity contribution in [3.63, 3.8) is 0 Å². The van der Waals surface area contributed by atoms with E-state index in [9.17, 15) is 13.2 Å². The predicted octanol–water partition coefficient (Wildman–Crippen LogP) is 0.498. The zero-order valence-corrected chi connectivity index (χ0v) is 13.8. The Kier molecular flexibility index (Phi) is 4.45. The molecule has 7 nitrogen and oxygen atoms in total. The number of carbonyl (C=O) groups is 1. The lowest BCUT2D eigenvalue weighted by Crippen LogP contribution is -2.45. The highest BCUT2D eigenvalue weighted by Crippen LogP contribution is 2.32. The number of rotatable bonds is 5. The minimum atomic E-state index is -3.34. The molecule has 2 aliphatic heterocycles. The fourth-order valence-electron chi connectivity index (χ4n) is 2.94. The molecule has 1 N–H and O–H groups in total. The van der Waals surface area contributed by atoms with E-state index in [4.69, 9.17) is 9.47 Å². The van der Waals surface area contributed by atoms with E-state index < -0.39 is 16.1 Å². The van der Waals surface area contributed by atoms with Crippen LogP contribution in [0.4, 0.5) is 0 Å². The van der Waals surface area contributed by atoms with Crippen molar-refractivity contribution in [3.05, 3.63) is 23.8 Å². The summed E-state index contributed by atoms with van der Waals surface area (Å²) < 4.78 is 35.2. The van der Waals surface area contributed by atoms with Crippen LogP contribution in [0, 0.1) is 0 Å². The van der Waals surface area contributed by atoms with Gasteiger partial charge in [0.2, 0.25) is 22.7 Å². The Labute approximate surface area is 135 Å². The van der Waals surface area contributed by atoms with E-state index >= 15 is 0 Å². The van der Waals surface area contributed by atoms with Gasteiger partial charge in [-0.3, -0.25) is 4.79 Å². The largest absolute Gasteiger partial charge is 0.454 e. The molecule has 0 saturated carbocycles. The number of benzene rings is 1. The lowest BCUT2D eigenvalue weighted by Gasteiger charge is -2.21. The van der Waals surface area contributed by atoms with Gasteiger partial charge in [-0.15, -0.1) is 0 Å². The van der Waals surface area contributed by atoms with E-state index in [1.807, 2.05) is 18.2 Å². The van der Waals surface area contributed by atoms with Crippen molar-refractivity contribution >= 4 is 15.9 Å². The molecule has 0 radical (unpaired) electrons. The van der Waals surface area contributed by atoms with Gasteiger partial charge in [0.1, 0.15) is 6.04 Å². The Balaban J connectivity index is 1.53. The van der Waals surface area contributed by atoms with Crippen molar-refractivity contribution in [1.29, 1.82) is 0 Å². The van der Waals surface area contributed by atoms with E-state index in [1.54, 1.807) is 0 Å². The fraction of sp³-hybridized carbons (Fsp3) is 0.533. The summed E-state index contributed by atoms with van der Waals surface area (Å²) in [5, 5.41) is 2.83. The third-order valence-corrected chi connectivity index (χ3v) is 5.37. The SMILES string of the molecule is CS(=O)(=O)N1CCCC1C(=O)NCCc1ccc2c(c1)OCO2. The second-order valence-corrected chi connectivity index (χ2v) is 7.70. The minimum absolute atomic E-state index is 0.228. The Morgan fingerprint density at radius 3 is 2.91 bits per heavy atom. The van der Waals surface area contributed by atoms with Gasteiger partial charge in [-0.2, -0.15) is 4.31 Å². The van der Waals surface area contributed by atoms with Crippen LogP contribution in [0.2, 0.25) is 0 Å². The van der Waals surface area contributed by atoms with Crippen LogP contribution in [-0.4, -0.2) is 50.8 Å². The Morgan fingerprint density at radius 2 is 2.13 bits per heavy atom. The van der Waals surface area contributed by atoms with Gasteiger partial charge in [0.25, 0.3) is 0 Å². The van der Waals surface area contributed by atoms with E-state index in [0.29, 0.717) is 38.1 Å². The highest BCUT2D eigenvalue weighted by molar-refractivity contribution is 7.88. The summed E-state index contributed by atoms with van der Waals surface area (Å²) >= 11 is 0. The first-order valence-electron chi connectivity index (χ1n) is 7.58. The van der Waals surface area contributed by atoms with Crippen molar-refractivity contribution < 1.29 is 22.7 Å². The molecule has 1 aromatic rings. The van der Waals surface area contributed by atoms with Crippen LogP contribution in [0.1, 0.15) is 18.4 Å². The standard InChI is InChI=1S/C15H20N2O5S/c1-23(19,20)17-8-2-3-12(17)15(18)16-7-6-11-4-5-13-14(9-11)22-10-21-13/h4-5,9,12H,2-3,6-8,10H2,1H3,(H,16,18). The average Bonchev–Trinajstić information content (AvgIpc) is 3.15. The van der Waals surface area contributed by atoms with E-state index in [-0.39, 0.29) is 12.7 Å². The maximum atomic E-state index is 12.2. The van der Waals surface area contributed by atoms with Crippen molar-refractivity contribution in [2.24, 2.45) is 0 Å². The zero-order valence-electron chi connectivity index (χ0n) is 12.9. The molecule has 0 spiro atoms. The third-order valence-electron chi connectivity index (χ3n) is 4.08. The average molecular weight is 340 g/mol. The number of hydrogen-bond acceptors (Lipinski definition) is 5. The smallest absolute Gasteiger partial charge is 0.238 e. The molecule has 126 valence electrons. The molecule has 2 heterocycles. The summed E-state index contributed by atoms with van der Waals surface area (Å²) in [4.78, 5) is 12.2. The summed E-state index contributed by atoms with van der Waals surface area (Å²) in [5.41, 5.74) is 1.03. The zero-order chi connectivity index (χ0) is 16.4. The van der Waals surface area contributed by atoms with E-state index in [1.165, 1.54) is 4.31 Å². The first-order chi connectivity index (χ1) is 10.9. The van der Waals surface area contributed by atoms with Crippen LogP contribution in [-0.2, 0) is 21.2 Å². The van der Waals surface area contributed by atoms with Crippen molar-refractivity contribution in [3.8, 4) is 11.5 Å². The third kappa shape index (κ3) is 3.59. The topological polar surface area (TPSA) is 84.9 Å². The first kappa shape index (κ1) is 16.1. The maximum absolute atomic E-state index is 12.2. The molecule has 2 aliphatic rings. The summed E-state index contributed by atoms with van der Waals surface area (Å²) in [6.07, 6.45) is 3.08. The number of sulfonamides is 1. The van der Waals surface area contributed by atoms with Gasteiger partial charge in [0.05, 0.1) is 6.26 Å². The van der Waals surface area contributed by atoms with Crippen LogP contribution in [0.3, 0.4) is 0 Å². The number of nitrogens with zero attached hydrogens (tertiary/aromatic N) is 1. The Bertz CT molecular complexity index is 704. The fourth-order valence-corrected chi connectivity index (χ4v) is 4.07. The van der Waals surface area contributed by atoms with Gasteiger partial charge in [0, 0.05) is 13.1 Å². The molecule has 23 heavy (non-hydrogen) atoms. The number of carbonyl (C=O) groups excluding carboxylic acids is 1. The highest BCUT2D eigenvalue weighted by atomic mass is 32.2. The van der Waals surface area contributed by atoms with Gasteiger partial charge in [0.15, 0.2) is 11.5 Å². The van der Waals surface area contributed by atoms with Gasteiger partial charge in [-0.05, 0) is 37.0 Å². The molecule has 3 rings (SSSR count). The second kappa shape index (κ2) is 6.37. The molecule has 0 aromatic heterocycles. The normalized spacial score (nSPS) is 20.7. The van der Waals surface area contributed by atoms with Crippen LogP contribution >= 0.6 is 0 Å². The van der Waals surface area contributed by atoms with Crippen LogP contribution < -0.4 is 14.8 Å². The van der Waals surface area contributed by atoms with Crippen molar-refractivity contribution in [1.82, 2.24) is 9.62 Å². The summed E-state index contributed by atoms with van der Waals surface area (Å²) in [5.74, 6) is 1.22. The molecule has 1 saturated heterocycles. The highest BCUT2D eigenvalue weighted by Gasteiger charge is 2.36. The molecule has 1 amide bonds. The van der Waals surface area contributed by atoms with Gasteiger partial charge in [-0.1, -0.05) is 6.07 Å². The molecule has 1 aromatic carbocycles. The quantitative estimate of drug-likeness (QED) is 0.844. The lowest BCUT2D eigenvalue weighted by molar-refractivity contribution is -0.124. The maximum Gasteiger partial charge on any atom is 0.238 e. The molecule has 0 bridgehead atoms. The van der Waals surface area contributed by atoms with Crippen molar-refractivity contribution in [2.45, 2.75) is 25.3 Å². The number of nitrogens with one attached hydrogen (secondary N) is 1. The number of amides is 1.